The Morgan fingerprint density at radius 2 is 1.19 bits per heavy atom. The molecule has 4 aliphatic heterocycles. The number of aliphatic imine (C=N–C) groups is 2. The number of benzene rings is 2. The molecule has 4 aliphatic rings. The Balaban J connectivity index is 0.000000167. The number of likely N-dealkylation sites (tertiary alicyclic amines) is 2. The fourth-order valence-electron chi connectivity index (χ4n) is 7.76. The van der Waals surface area contributed by atoms with Crippen molar-refractivity contribution in [2.75, 3.05) is 40.3 Å². The molecule has 8 nitrogen and oxygen atoms in total. The van der Waals surface area contributed by atoms with Crippen molar-refractivity contribution >= 4 is 34.2 Å². The summed E-state index contributed by atoms with van der Waals surface area (Å²) < 4.78 is 0. The van der Waals surface area contributed by atoms with Crippen molar-refractivity contribution in [1.82, 2.24) is 29.7 Å². The van der Waals surface area contributed by atoms with Crippen molar-refractivity contribution in [2.24, 2.45) is 21.8 Å². The molecule has 0 saturated carbocycles. The molecule has 0 atom stereocenters. The smallest absolute Gasteiger partial charge is 0.157 e. The third-order valence-corrected chi connectivity index (χ3v) is 12.0. The molecule has 0 bridgehead atoms. The van der Waals surface area contributed by atoms with Crippen LogP contribution in [0.3, 0.4) is 0 Å². The Bertz CT molecular complexity index is 2080. The SMILES string of the molecule is Cc1ccc(C2=NC=C(c3nccc(CC4CCN(C)CC4)n3)C2)cc1Cl.Cc1cccc(C2=NC=C(c3nccc(CC4CCN(C)CC4)n3)C2)c1C. The molecule has 0 radical (unpaired) electrons. The highest BCUT2D eigenvalue weighted by atomic mass is 35.5. The maximum Gasteiger partial charge on any atom is 0.157 e. The topological polar surface area (TPSA) is 82.8 Å². The van der Waals surface area contributed by atoms with Gasteiger partial charge in [0.2, 0.25) is 0 Å². The first-order valence-electron chi connectivity index (χ1n) is 19.5. The Kier molecular flexibility index (Phi) is 12.2. The summed E-state index contributed by atoms with van der Waals surface area (Å²) in [6.45, 7) is 11.1. The van der Waals surface area contributed by atoms with Gasteiger partial charge in [-0.3, -0.25) is 9.98 Å². The zero-order valence-electron chi connectivity index (χ0n) is 32.5. The van der Waals surface area contributed by atoms with Crippen LogP contribution >= 0.6 is 11.6 Å². The fourth-order valence-corrected chi connectivity index (χ4v) is 7.94. The van der Waals surface area contributed by atoms with Gasteiger partial charge < -0.3 is 9.80 Å². The van der Waals surface area contributed by atoms with Gasteiger partial charge in [-0.05, 0) is 157 Å². The van der Waals surface area contributed by atoms with E-state index in [0.717, 1.165) is 99.3 Å². The van der Waals surface area contributed by atoms with E-state index in [4.69, 9.17) is 21.6 Å². The molecule has 0 spiro atoms. The predicted molar refractivity (Wildman–Crippen MR) is 222 cm³/mol. The third kappa shape index (κ3) is 9.46. The molecule has 0 N–H and O–H groups in total. The van der Waals surface area contributed by atoms with E-state index in [9.17, 15) is 0 Å². The first-order valence-corrected chi connectivity index (χ1v) is 19.9. The molecule has 0 amide bonds. The van der Waals surface area contributed by atoms with Crippen molar-refractivity contribution < 1.29 is 0 Å². The third-order valence-electron chi connectivity index (χ3n) is 11.6. The quantitative estimate of drug-likeness (QED) is 0.180. The number of allylic oxidation sites excluding steroid dienone is 2. The molecule has 280 valence electrons. The summed E-state index contributed by atoms with van der Waals surface area (Å²) in [6.07, 6.45) is 16.3. The van der Waals surface area contributed by atoms with Gasteiger partial charge in [0.15, 0.2) is 11.6 Å². The summed E-state index contributed by atoms with van der Waals surface area (Å²) >= 11 is 6.27. The lowest BCUT2D eigenvalue weighted by molar-refractivity contribution is 0.218. The molecule has 54 heavy (non-hydrogen) atoms. The van der Waals surface area contributed by atoms with Crippen molar-refractivity contribution in [1.29, 1.82) is 0 Å². The van der Waals surface area contributed by atoms with Crippen molar-refractivity contribution in [3.8, 4) is 0 Å². The van der Waals surface area contributed by atoms with E-state index in [0.29, 0.717) is 0 Å². The van der Waals surface area contributed by atoms with Crippen molar-refractivity contribution in [3.05, 3.63) is 129 Å². The fraction of sp³-hybridized carbons (Fsp3) is 0.422. The predicted octanol–water partition coefficient (Wildman–Crippen LogP) is 8.77. The molecule has 4 aromatic rings. The minimum absolute atomic E-state index is 0.725. The van der Waals surface area contributed by atoms with E-state index in [2.05, 4.69) is 94.1 Å². The van der Waals surface area contributed by atoms with Crippen LogP contribution in [0.2, 0.25) is 5.02 Å². The number of rotatable bonds is 8. The first-order chi connectivity index (χ1) is 26.2. The summed E-state index contributed by atoms with van der Waals surface area (Å²) in [6, 6.07) is 16.7. The second-order valence-electron chi connectivity index (χ2n) is 15.7. The highest BCUT2D eigenvalue weighted by Crippen LogP contribution is 2.29. The maximum absolute atomic E-state index is 6.27. The molecule has 8 rings (SSSR count). The highest BCUT2D eigenvalue weighted by Gasteiger charge is 2.22. The van der Waals surface area contributed by atoms with Crippen LogP contribution in [0.5, 0.6) is 0 Å². The zero-order valence-corrected chi connectivity index (χ0v) is 33.3. The number of aryl methyl sites for hydroxylation is 2. The lowest BCUT2D eigenvalue weighted by atomic mass is 9.92. The van der Waals surface area contributed by atoms with Gasteiger partial charge >= 0.3 is 0 Å². The molecule has 2 saturated heterocycles. The Morgan fingerprint density at radius 3 is 1.74 bits per heavy atom. The Labute approximate surface area is 326 Å². The molecule has 2 fully saturated rings. The van der Waals surface area contributed by atoms with E-state index in [1.54, 1.807) is 0 Å². The molecular formula is C45H53ClN8. The Hall–Kier alpha value is -4.37. The normalized spacial score (nSPS) is 18.5. The molecule has 2 aromatic heterocycles. The van der Waals surface area contributed by atoms with Crippen LogP contribution in [0.25, 0.3) is 11.1 Å². The zero-order chi connectivity index (χ0) is 37.6. The van der Waals surface area contributed by atoms with Crippen LogP contribution < -0.4 is 0 Å². The van der Waals surface area contributed by atoms with Gasteiger partial charge in [-0.15, -0.1) is 0 Å². The standard InChI is InChI=1S/C23H28N4.C22H25ClN4/c1-16-5-4-6-21(17(16)2)22-14-19(15-25-22)23-24-10-7-20(26-23)13-18-8-11-27(3)12-9-18;1-15-3-4-17(12-20(15)23)21-13-18(14-25-21)22-24-8-5-19(26-22)11-16-6-9-27(2)10-7-16/h4-7,10,15,18H,8-9,11-14H2,1-3H3;3-5,8,12,14,16H,6-7,9-11,13H2,1-2H3. The summed E-state index contributed by atoms with van der Waals surface area (Å²) in [7, 11) is 4.41. The van der Waals surface area contributed by atoms with Crippen LogP contribution in [-0.4, -0.2) is 81.4 Å². The van der Waals surface area contributed by atoms with E-state index >= 15 is 0 Å². The minimum atomic E-state index is 0.725. The second-order valence-corrected chi connectivity index (χ2v) is 16.1. The first kappa shape index (κ1) is 37.9. The number of halogens is 1. The molecule has 0 unspecified atom stereocenters. The van der Waals surface area contributed by atoms with Crippen LogP contribution in [-0.2, 0) is 12.8 Å². The van der Waals surface area contributed by atoms with Crippen LogP contribution in [0, 0.1) is 32.6 Å². The van der Waals surface area contributed by atoms with Crippen LogP contribution in [0.4, 0.5) is 0 Å². The minimum Gasteiger partial charge on any atom is -0.306 e. The average Bonchev–Trinajstić information content (AvgIpc) is 3.88. The van der Waals surface area contributed by atoms with Gasteiger partial charge in [0.05, 0.1) is 11.4 Å². The summed E-state index contributed by atoms with van der Waals surface area (Å²) in [5.74, 6) is 3.10. The van der Waals surface area contributed by atoms with Gasteiger partial charge in [0.1, 0.15) is 0 Å². The van der Waals surface area contributed by atoms with E-state index in [-0.39, 0.29) is 0 Å². The lowest BCUT2D eigenvalue weighted by Gasteiger charge is -2.28. The number of aromatic nitrogens is 4. The lowest BCUT2D eigenvalue weighted by Crippen LogP contribution is -2.31. The summed E-state index contributed by atoms with van der Waals surface area (Å²) in [4.78, 5) is 32.8. The Morgan fingerprint density at radius 1 is 0.648 bits per heavy atom. The van der Waals surface area contributed by atoms with Crippen LogP contribution in [0.15, 0.2) is 83.3 Å². The van der Waals surface area contributed by atoms with Gasteiger partial charge in [0, 0.05) is 65.2 Å². The molecular weight excluding hydrogens is 688 g/mol. The van der Waals surface area contributed by atoms with Crippen molar-refractivity contribution in [3.63, 3.8) is 0 Å². The van der Waals surface area contributed by atoms with Crippen LogP contribution in [0.1, 0.15) is 89.4 Å². The summed E-state index contributed by atoms with van der Waals surface area (Å²) in [5, 5.41) is 0.778. The van der Waals surface area contributed by atoms with Gasteiger partial charge in [-0.2, -0.15) is 0 Å². The number of hydrogen-bond acceptors (Lipinski definition) is 8. The van der Waals surface area contributed by atoms with Gasteiger partial charge in [-0.1, -0.05) is 41.9 Å². The second kappa shape index (κ2) is 17.4. The molecule has 2 aromatic carbocycles. The molecule has 9 heteroatoms. The highest BCUT2D eigenvalue weighted by molar-refractivity contribution is 6.31. The van der Waals surface area contributed by atoms with E-state index in [1.807, 2.05) is 43.9 Å². The number of piperidine rings is 2. The maximum atomic E-state index is 6.27. The van der Waals surface area contributed by atoms with Gasteiger partial charge in [0.25, 0.3) is 0 Å². The van der Waals surface area contributed by atoms with E-state index in [1.165, 1.54) is 68.6 Å². The number of nitrogens with zero attached hydrogens (tertiary/aromatic N) is 8. The monoisotopic (exact) mass is 740 g/mol. The van der Waals surface area contributed by atoms with Crippen molar-refractivity contribution in [2.45, 2.75) is 72.1 Å². The molecule has 0 aliphatic carbocycles. The largest absolute Gasteiger partial charge is 0.306 e. The number of hydrogen-bond donors (Lipinski definition) is 0. The summed E-state index contributed by atoms with van der Waals surface area (Å²) in [5.41, 5.74) is 12.6. The average molecular weight is 741 g/mol. The molecule has 6 heterocycles. The van der Waals surface area contributed by atoms with E-state index < -0.39 is 0 Å². The van der Waals surface area contributed by atoms with Gasteiger partial charge in [-0.25, -0.2) is 19.9 Å².